The van der Waals surface area contributed by atoms with E-state index < -0.39 is 10.1 Å². The van der Waals surface area contributed by atoms with E-state index in [2.05, 4.69) is 6.92 Å². The Hall–Kier alpha value is -0.590. The summed E-state index contributed by atoms with van der Waals surface area (Å²) in [5.74, 6) is 0.783. The maximum Gasteiger partial charge on any atom is 1.00 e. The normalized spacial score (nSPS) is 11.2. The van der Waals surface area contributed by atoms with Gasteiger partial charge in [0, 0.05) is 0 Å². The zero-order valence-corrected chi connectivity index (χ0v) is 17.3. The van der Waals surface area contributed by atoms with Gasteiger partial charge in [-0.15, -0.1) is 0 Å². The van der Waals surface area contributed by atoms with Gasteiger partial charge in [0.2, 0.25) is 0 Å². The summed E-state index contributed by atoms with van der Waals surface area (Å²) in [6, 6.07) is 10.1. The largest absolute Gasteiger partial charge is 1.00 e. The molecular weight excluding hydrogens is 335 g/mol. The number of unbranched alkanes of at least 4 members (excludes halogenated alkanes) is 5. The smallest absolute Gasteiger partial charge is 1.00 e. The number of hydrogen-bond acceptors (Lipinski definition) is 3. The van der Waals surface area contributed by atoms with E-state index in [1.165, 1.54) is 44.2 Å². The van der Waals surface area contributed by atoms with Crippen LogP contribution in [0.25, 0.3) is 10.8 Å². The number of fused-ring (bicyclic) bond motifs is 1. The van der Waals surface area contributed by atoms with Gasteiger partial charge in [-0.25, -0.2) is 0 Å². The second-order valence-corrected chi connectivity index (χ2v) is 7.18. The van der Waals surface area contributed by atoms with Gasteiger partial charge in [-0.05, 0) is 41.5 Å². The molecular formula is C18H25NaO4S. The number of benzene rings is 2. The fourth-order valence-corrected chi connectivity index (χ4v) is 3.04. The first-order valence-electron chi connectivity index (χ1n) is 8.15. The molecule has 0 spiro atoms. The monoisotopic (exact) mass is 360 g/mol. The first-order valence-corrected chi connectivity index (χ1v) is 9.59. The van der Waals surface area contributed by atoms with Gasteiger partial charge in [0.25, 0.3) is 10.1 Å². The first kappa shape index (κ1) is 21.5. The fraction of sp³-hybridized carbons (Fsp3) is 0.444. The van der Waals surface area contributed by atoms with Crippen molar-refractivity contribution in [3.05, 3.63) is 36.4 Å². The van der Waals surface area contributed by atoms with Gasteiger partial charge in [0.1, 0.15) is 5.75 Å². The Morgan fingerprint density at radius 3 is 2.29 bits per heavy atom. The Labute approximate surface area is 168 Å². The minimum Gasteiger partial charge on any atom is -1.00 e. The molecule has 0 saturated carbocycles. The third kappa shape index (κ3) is 6.73. The zero-order chi connectivity index (χ0) is 16.7. The summed E-state index contributed by atoms with van der Waals surface area (Å²) in [5.41, 5.74) is 0. The molecule has 0 unspecified atom stereocenters. The van der Waals surface area contributed by atoms with Crippen LogP contribution >= 0.6 is 0 Å². The van der Waals surface area contributed by atoms with E-state index in [9.17, 15) is 8.42 Å². The molecule has 4 nitrogen and oxygen atoms in total. The molecule has 0 heterocycles. The molecule has 0 atom stereocenters. The van der Waals surface area contributed by atoms with Crippen molar-refractivity contribution in [2.45, 2.75) is 50.3 Å². The molecule has 0 aliphatic carbocycles. The Balaban J connectivity index is 0.00000288. The van der Waals surface area contributed by atoms with E-state index in [-0.39, 0.29) is 35.9 Å². The molecule has 0 aromatic heterocycles. The van der Waals surface area contributed by atoms with Crippen molar-refractivity contribution >= 4 is 20.9 Å². The molecule has 0 radical (unpaired) electrons. The van der Waals surface area contributed by atoms with E-state index in [0.29, 0.717) is 6.61 Å². The maximum atomic E-state index is 11.1. The van der Waals surface area contributed by atoms with Crippen molar-refractivity contribution in [2.24, 2.45) is 0 Å². The van der Waals surface area contributed by atoms with Crippen LogP contribution in [-0.4, -0.2) is 19.6 Å². The third-order valence-corrected chi connectivity index (χ3v) is 4.70. The Bertz CT molecular complexity index is 750. The maximum absolute atomic E-state index is 11.1. The summed E-state index contributed by atoms with van der Waals surface area (Å²) in [6.07, 6.45) is 7.34. The van der Waals surface area contributed by atoms with Crippen molar-refractivity contribution in [2.75, 3.05) is 6.61 Å². The standard InChI is InChI=1S/C18H24O4S.Na.H/c1-2-3-4-5-6-7-12-22-17-10-8-16-14-18(23(19,20)21)11-9-15(16)13-17;;/h8-11,13-14H,2-7,12H2,1H3,(H,19,20,21);;/q;+1;-1. The minimum atomic E-state index is -4.16. The molecule has 0 fully saturated rings. The van der Waals surface area contributed by atoms with Gasteiger partial charge >= 0.3 is 29.6 Å². The molecule has 0 bridgehead atoms. The molecule has 128 valence electrons. The molecule has 0 saturated heterocycles. The molecule has 1 N–H and O–H groups in total. The average molecular weight is 360 g/mol. The zero-order valence-electron chi connectivity index (χ0n) is 15.5. The number of hydrogen-bond donors (Lipinski definition) is 1. The Kier molecular flexibility index (Phi) is 9.31. The summed E-state index contributed by atoms with van der Waals surface area (Å²) in [7, 11) is -4.16. The molecule has 0 aliphatic rings. The van der Waals surface area contributed by atoms with Crippen LogP contribution in [0.3, 0.4) is 0 Å². The SMILES string of the molecule is CCCCCCCCOc1ccc2cc(S(=O)(=O)O)ccc2c1.[H-].[Na+]. The van der Waals surface area contributed by atoms with Gasteiger partial charge in [-0.1, -0.05) is 51.2 Å². The van der Waals surface area contributed by atoms with Crippen LogP contribution in [0.1, 0.15) is 46.9 Å². The molecule has 2 aromatic rings. The minimum absolute atomic E-state index is 0. The molecule has 24 heavy (non-hydrogen) atoms. The topological polar surface area (TPSA) is 63.6 Å². The molecule has 0 amide bonds. The van der Waals surface area contributed by atoms with Gasteiger partial charge in [0.15, 0.2) is 0 Å². The second kappa shape index (κ2) is 10.4. The third-order valence-electron chi connectivity index (χ3n) is 3.85. The summed E-state index contributed by atoms with van der Waals surface area (Å²) in [5, 5.41) is 1.64. The molecule has 2 aromatic carbocycles. The predicted octanol–water partition coefficient (Wildman–Crippen LogP) is 1.94. The number of rotatable bonds is 9. The Morgan fingerprint density at radius 1 is 0.958 bits per heavy atom. The van der Waals surface area contributed by atoms with E-state index in [0.717, 1.165) is 22.9 Å². The van der Waals surface area contributed by atoms with Crippen molar-refractivity contribution in [3.63, 3.8) is 0 Å². The van der Waals surface area contributed by atoms with Crippen LogP contribution in [0.5, 0.6) is 5.75 Å². The van der Waals surface area contributed by atoms with Gasteiger partial charge < -0.3 is 6.16 Å². The van der Waals surface area contributed by atoms with Crippen LogP contribution in [-0.2, 0) is 10.1 Å². The van der Waals surface area contributed by atoms with Crippen LogP contribution in [0.4, 0.5) is 0 Å². The van der Waals surface area contributed by atoms with Crippen LogP contribution in [0.15, 0.2) is 41.3 Å². The number of ether oxygens (including phenoxy) is 1. The summed E-state index contributed by atoms with van der Waals surface area (Å²) >= 11 is 0. The summed E-state index contributed by atoms with van der Waals surface area (Å²) < 4.78 is 37.1. The van der Waals surface area contributed by atoms with Crippen molar-refractivity contribution in [3.8, 4) is 5.75 Å². The van der Waals surface area contributed by atoms with Gasteiger partial charge in [-0.2, -0.15) is 8.42 Å². The van der Waals surface area contributed by atoms with Gasteiger partial charge in [-0.3, -0.25) is 4.55 Å². The van der Waals surface area contributed by atoms with Gasteiger partial charge in [0.05, 0.1) is 11.5 Å². The fourth-order valence-electron chi connectivity index (χ4n) is 2.52. The summed E-state index contributed by atoms with van der Waals surface area (Å²) in [4.78, 5) is -0.0919. The average Bonchev–Trinajstić information content (AvgIpc) is 2.52. The van der Waals surface area contributed by atoms with Crippen LogP contribution in [0, 0.1) is 0 Å². The van der Waals surface area contributed by atoms with Crippen molar-refractivity contribution in [1.82, 2.24) is 0 Å². The predicted molar refractivity (Wildman–Crippen MR) is 93.7 cm³/mol. The van der Waals surface area contributed by atoms with E-state index in [1.807, 2.05) is 12.1 Å². The molecule has 0 aliphatic heterocycles. The Morgan fingerprint density at radius 2 is 1.58 bits per heavy atom. The first-order chi connectivity index (χ1) is 11.0. The van der Waals surface area contributed by atoms with Crippen LogP contribution < -0.4 is 34.3 Å². The van der Waals surface area contributed by atoms with Crippen LogP contribution in [0.2, 0.25) is 0 Å². The quantitative estimate of drug-likeness (QED) is 0.422. The summed E-state index contributed by atoms with van der Waals surface area (Å²) in [6.45, 7) is 2.91. The van der Waals surface area contributed by atoms with E-state index >= 15 is 0 Å². The molecule has 6 heteroatoms. The second-order valence-electron chi connectivity index (χ2n) is 5.76. The van der Waals surface area contributed by atoms with E-state index in [1.54, 1.807) is 12.1 Å². The molecule has 2 rings (SSSR count). The van der Waals surface area contributed by atoms with Crippen molar-refractivity contribution in [1.29, 1.82) is 0 Å². The van der Waals surface area contributed by atoms with Crippen molar-refractivity contribution < 1.29 is 48.7 Å². The van der Waals surface area contributed by atoms with E-state index in [4.69, 9.17) is 9.29 Å².